The maximum absolute atomic E-state index is 13.0. The van der Waals surface area contributed by atoms with Crippen molar-refractivity contribution >= 4 is 23.6 Å². The summed E-state index contributed by atoms with van der Waals surface area (Å²) >= 11 is 0. The van der Waals surface area contributed by atoms with Gasteiger partial charge in [0.25, 0.3) is 11.8 Å². The summed E-state index contributed by atoms with van der Waals surface area (Å²) in [6.07, 6.45) is 1.61. The van der Waals surface area contributed by atoms with Gasteiger partial charge in [0.2, 0.25) is 0 Å². The molecule has 2 amide bonds. The molecule has 2 N–H and O–H groups in total. The molecule has 30 heavy (non-hydrogen) atoms. The molecule has 0 aliphatic heterocycles. The summed E-state index contributed by atoms with van der Waals surface area (Å²) in [5.41, 5.74) is 4.04. The fourth-order valence-corrected chi connectivity index (χ4v) is 2.83. The topological polar surface area (TPSA) is 67.4 Å². The van der Waals surface area contributed by atoms with E-state index in [9.17, 15) is 9.59 Å². The molecule has 0 bridgehead atoms. The maximum Gasteiger partial charge on any atom is 0.272 e. The second-order valence-electron chi connectivity index (χ2n) is 6.94. The Morgan fingerprint density at radius 2 is 1.43 bits per heavy atom. The van der Waals surface area contributed by atoms with Crippen molar-refractivity contribution in [1.82, 2.24) is 5.32 Å². The van der Waals surface area contributed by atoms with E-state index in [4.69, 9.17) is 4.74 Å². The number of hydrogen-bond acceptors (Lipinski definition) is 3. The molecule has 0 fully saturated rings. The zero-order valence-electron chi connectivity index (χ0n) is 17.2. The number of para-hydroxylation sites is 1. The van der Waals surface area contributed by atoms with Crippen LogP contribution in [0.4, 0.5) is 5.69 Å². The summed E-state index contributed by atoms with van der Waals surface area (Å²) in [6.45, 7) is 3.92. The number of benzene rings is 3. The van der Waals surface area contributed by atoms with Crippen molar-refractivity contribution < 1.29 is 14.3 Å². The summed E-state index contributed by atoms with van der Waals surface area (Å²) in [5.74, 6) is -0.192. The number of rotatable bonds is 6. The lowest BCUT2D eigenvalue weighted by molar-refractivity contribution is -0.113. The molecular formula is C25H24N2O3. The van der Waals surface area contributed by atoms with Gasteiger partial charge in [0, 0.05) is 16.8 Å². The van der Waals surface area contributed by atoms with E-state index in [1.807, 2.05) is 68.4 Å². The van der Waals surface area contributed by atoms with Crippen LogP contribution < -0.4 is 15.4 Å². The van der Waals surface area contributed by atoms with Gasteiger partial charge >= 0.3 is 0 Å². The molecule has 0 aliphatic carbocycles. The normalized spacial score (nSPS) is 11.0. The minimum atomic E-state index is -0.426. The van der Waals surface area contributed by atoms with Gasteiger partial charge in [-0.1, -0.05) is 53.6 Å². The SMILES string of the molecule is COc1ccccc1/C=C(/NC(=O)c1ccc(C)cc1)C(=O)Nc1ccc(C)cc1. The first-order chi connectivity index (χ1) is 14.5. The zero-order valence-corrected chi connectivity index (χ0v) is 17.2. The van der Waals surface area contributed by atoms with Gasteiger partial charge in [-0.25, -0.2) is 0 Å². The number of nitrogens with one attached hydrogen (secondary N) is 2. The van der Waals surface area contributed by atoms with Crippen molar-refractivity contribution in [1.29, 1.82) is 0 Å². The highest BCUT2D eigenvalue weighted by atomic mass is 16.5. The minimum absolute atomic E-state index is 0.116. The number of amides is 2. The Morgan fingerprint density at radius 3 is 2.07 bits per heavy atom. The maximum atomic E-state index is 13.0. The highest BCUT2D eigenvalue weighted by Crippen LogP contribution is 2.21. The van der Waals surface area contributed by atoms with E-state index < -0.39 is 5.91 Å². The Morgan fingerprint density at radius 1 is 0.833 bits per heavy atom. The fourth-order valence-electron chi connectivity index (χ4n) is 2.83. The van der Waals surface area contributed by atoms with Crippen LogP contribution in [0.5, 0.6) is 5.75 Å². The van der Waals surface area contributed by atoms with Gasteiger partial charge in [0.15, 0.2) is 0 Å². The van der Waals surface area contributed by atoms with Crippen molar-refractivity contribution in [2.75, 3.05) is 12.4 Å². The van der Waals surface area contributed by atoms with E-state index in [-0.39, 0.29) is 11.6 Å². The van der Waals surface area contributed by atoms with E-state index in [1.54, 1.807) is 31.4 Å². The fraction of sp³-hybridized carbons (Fsp3) is 0.120. The summed E-state index contributed by atoms with van der Waals surface area (Å²) in [7, 11) is 1.56. The monoisotopic (exact) mass is 400 g/mol. The first-order valence-corrected chi connectivity index (χ1v) is 9.57. The summed E-state index contributed by atoms with van der Waals surface area (Å²) in [6, 6.07) is 21.9. The highest BCUT2D eigenvalue weighted by Gasteiger charge is 2.16. The predicted molar refractivity (Wildman–Crippen MR) is 119 cm³/mol. The molecule has 0 heterocycles. The van der Waals surface area contributed by atoms with Crippen LogP contribution in [0, 0.1) is 13.8 Å². The van der Waals surface area contributed by atoms with Gasteiger partial charge < -0.3 is 15.4 Å². The second-order valence-corrected chi connectivity index (χ2v) is 6.94. The third-order valence-electron chi connectivity index (χ3n) is 4.55. The quantitative estimate of drug-likeness (QED) is 0.588. The third-order valence-corrected chi connectivity index (χ3v) is 4.55. The number of carbonyl (C=O) groups excluding carboxylic acids is 2. The summed E-state index contributed by atoms with van der Waals surface area (Å²) in [4.78, 5) is 25.7. The number of aryl methyl sites for hydroxylation is 2. The molecule has 3 aromatic carbocycles. The highest BCUT2D eigenvalue weighted by molar-refractivity contribution is 6.10. The number of hydrogen-bond donors (Lipinski definition) is 2. The zero-order chi connectivity index (χ0) is 21.5. The van der Waals surface area contributed by atoms with Crippen molar-refractivity contribution in [2.24, 2.45) is 0 Å². The van der Waals surface area contributed by atoms with Crippen molar-refractivity contribution in [2.45, 2.75) is 13.8 Å². The number of ether oxygens (including phenoxy) is 1. The molecule has 0 radical (unpaired) electrons. The lowest BCUT2D eigenvalue weighted by Crippen LogP contribution is -2.30. The van der Waals surface area contributed by atoms with Crippen LogP contribution in [0.25, 0.3) is 6.08 Å². The molecule has 0 aliphatic rings. The van der Waals surface area contributed by atoms with Gasteiger partial charge in [-0.2, -0.15) is 0 Å². The molecule has 0 saturated carbocycles. The predicted octanol–water partition coefficient (Wildman–Crippen LogP) is 4.72. The average Bonchev–Trinajstić information content (AvgIpc) is 2.75. The molecule has 3 rings (SSSR count). The average molecular weight is 400 g/mol. The smallest absolute Gasteiger partial charge is 0.272 e. The molecule has 5 heteroatoms. The lowest BCUT2D eigenvalue weighted by Gasteiger charge is -2.13. The van der Waals surface area contributed by atoms with Gasteiger partial charge in [-0.05, 0) is 50.3 Å². The largest absolute Gasteiger partial charge is 0.496 e. The molecule has 0 saturated heterocycles. The standard InChI is InChI=1S/C25H24N2O3/c1-17-8-12-19(13-9-17)24(28)27-22(16-20-6-4-5-7-23(20)30-3)25(29)26-21-14-10-18(2)11-15-21/h4-16H,1-3H3,(H,26,29)(H,27,28)/b22-16+. The van der Waals surface area contributed by atoms with Gasteiger partial charge in [-0.15, -0.1) is 0 Å². The van der Waals surface area contributed by atoms with E-state index >= 15 is 0 Å². The Balaban J connectivity index is 1.91. The van der Waals surface area contributed by atoms with Crippen LogP contribution in [0.2, 0.25) is 0 Å². The Labute approximate surface area is 176 Å². The first-order valence-electron chi connectivity index (χ1n) is 9.57. The van der Waals surface area contributed by atoms with Crippen LogP contribution in [-0.4, -0.2) is 18.9 Å². The van der Waals surface area contributed by atoms with Crippen LogP contribution in [0.3, 0.4) is 0 Å². The summed E-state index contributed by atoms with van der Waals surface area (Å²) in [5, 5.41) is 5.57. The van der Waals surface area contributed by atoms with Crippen LogP contribution >= 0.6 is 0 Å². The molecular weight excluding hydrogens is 376 g/mol. The molecule has 0 spiro atoms. The molecule has 3 aromatic rings. The van der Waals surface area contributed by atoms with E-state index in [0.717, 1.165) is 11.1 Å². The van der Waals surface area contributed by atoms with Crippen LogP contribution in [0.1, 0.15) is 27.0 Å². The number of anilines is 1. The van der Waals surface area contributed by atoms with Crippen molar-refractivity contribution in [3.8, 4) is 5.75 Å². The Hall–Kier alpha value is -3.86. The molecule has 0 unspecified atom stereocenters. The van der Waals surface area contributed by atoms with Crippen LogP contribution in [0.15, 0.2) is 78.5 Å². The van der Waals surface area contributed by atoms with E-state index in [1.165, 1.54) is 0 Å². The van der Waals surface area contributed by atoms with E-state index in [2.05, 4.69) is 10.6 Å². The third kappa shape index (κ3) is 5.35. The molecule has 152 valence electrons. The molecule has 0 atom stereocenters. The van der Waals surface area contributed by atoms with Gasteiger partial charge in [0.05, 0.1) is 7.11 Å². The Bertz CT molecular complexity index is 1070. The van der Waals surface area contributed by atoms with Gasteiger partial charge in [-0.3, -0.25) is 9.59 Å². The van der Waals surface area contributed by atoms with E-state index in [0.29, 0.717) is 22.6 Å². The number of carbonyl (C=O) groups is 2. The molecule has 5 nitrogen and oxygen atoms in total. The van der Waals surface area contributed by atoms with Crippen LogP contribution in [-0.2, 0) is 4.79 Å². The van der Waals surface area contributed by atoms with Crippen molar-refractivity contribution in [3.05, 3.63) is 101 Å². The van der Waals surface area contributed by atoms with Gasteiger partial charge in [0.1, 0.15) is 11.4 Å². The second kappa shape index (κ2) is 9.56. The van der Waals surface area contributed by atoms with Crippen molar-refractivity contribution in [3.63, 3.8) is 0 Å². The lowest BCUT2D eigenvalue weighted by atomic mass is 10.1. The molecule has 0 aromatic heterocycles. The Kier molecular flexibility index (Phi) is 6.65. The first kappa shape index (κ1) is 20.9. The number of methoxy groups -OCH3 is 1. The summed E-state index contributed by atoms with van der Waals surface area (Å²) < 4.78 is 5.37. The minimum Gasteiger partial charge on any atom is -0.496 e.